The molecule has 1 unspecified atom stereocenters. The van der Waals surface area contributed by atoms with Gasteiger partial charge < -0.3 is 15.2 Å². The number of carbonyl (C=O) groups is 2. The quantitative estimate of drug-likeness (QED) is 0.673. The van der Waals surface area contributed by atoms with Crippen LogP contribution in [-0.2, 0) is 9.59 Å². The molecule has 1 rings (SSSR count). The molecule has 1 atom stereocenters. The van der Waals surface area contributed by atoms with Gasteiger partial charge in [0.05, 0.1) is 5.75 Å². The molecule has 0 heterocycles. The van der Waals surface area contributed by atoms with E-state index in [4.69, 9.17) is 21.4 Å². The summed E-state index contributed by atoms with van der Waals surface area (Å²) in [5.74, 6) is 0.0292. The molecule has 1 aromatic rings. The van der Waals surface area contributed by atoms with Crippen LogP contribution in [-0.4, -0.2) is 41.1 Å². The fourth-order valence-corrected chi connectivity index (χ4v) is 2.43. The van der Waals surface area contributed by atoms with Crippen LogP contribution in [0.4, 0.5) is 0 Å². The molecule has 0 aliphatic carbocycles. The van der Waals surface area contributed by atoms with Crippen molar-refractivity contribution in [1.29, 1.82) is 0 Å². The lowest BCUT2D eigenvalue weighted by atomic mass is 10.1. The molecule has 0 radical (unpaired) electrons. The van der Waals surface area contributed by atoms with Gasteiger partial charge in [-0.3, -0.25) is 9.59 Å². The molecule has 0 bridgehead atoms. The van der Waals surface area contributed by atoms with Crippen molar-refractivity contribution in [3.05, 3.63) is 29.3 Å². The van der Waals surface area contributed by atoms with Gasteiger partial charge in [0.1, 0.15) is 5.75 Å². The van der Waals surface area contributed by atoms with E-state index in [-0.39, 0.29) is 17.6 Å². The lowest BCUT2D eigenvalue weighted by Crippen LogP contribution is -2.42. The molecule has 0 fully saturated rings. The van der Waals surface area contributed by atoms with Crippen molar-refractivity contribution < 1.29 is 19.4 Å². The second-order valence-corrected chi connectivity index (χ2v) is 6.52. The highest BCUT2D eigenvalue weighted by Crippen LogP contribution is 2.20. The number of ether oxygens (including phenoxy) is 1. The SMILES string of the molecule is CC(C)C(Oc1cccc(Cl)c1)C(=O)NCCSCC(=O)O. The molecule has 0 saturated heterocycles. The van der Waals surface area contributed by atoms with Crippen LogP contribution in [0.2, 0.25) is 5.02 Å². The van der Waals surface area contributed by atoms with Crippen molar-refractivity contribution in [3.63, 3.8) is 0 Å². The number of carbonyl (C=O) groups excluding carboxylic acids is 1. The van der Waals surface area contributed by atoms with Crippen molar-refractivity contribution in [2.24, 2.45) is 5.92 Å². The minimum Gasteiger partial charge on any atom is -0.481 e. The number of amides is 1. The van der Waals surface area contributed by atoms with Crippen LogP contribution in [0.1, 0.15) is 13.8 Å². The maximum absolute atomic E-state index is 12.2. The third-order valence-corrected chi connectivity index (χ3v) is 3.87. The number of carboxylic acids is 1. The predicted molar refractivity (Wildman–Crippen MR) is 88.7 cm³/mol. The summed E-state index contributed by atoms with van der Waals surface area (Å²) in [5, 5.41) is 11.8. The molecular weight excluding hydrogens is 326 g/mol. The highest BCUT2D eigenvalue weighted by molar-refractivity contribution is 7.99. The van der Waals surface area contributed by atoms with Gasteiger partial charge in [-0.15, -0.1) is 11.8 Å². The Balaban J connectivity index is 2.48. The topological polar surface area (TPSA) is 75.6 Å². The van der Waals surface area contributed by atoms with E-state index < -0.39 is 12.1 Å². The van der Waals surface area contributed by atoms with Gasteiger partial charge in [0.25, 0.3) is 5.91 Å². The van der Waals surface area contributed by atoms with Gasteiger partial charge in [-0.1, -0.05) is 31.5 Å². The number of halogens is 1. The fraction of sp³-hybridized carbons (Fsp3) is 0.467. The summed E-state index contributed by atoms with van der Waals surface area (Å²) in [7, 11) is 0. The van der Waals surface area contributed by atoms with Crippen LogP contribution in [0.5, 0.6) is 5.75 Å². The Labute approximate surface area is 139 Å². The van der Waals surface area contributed by atoms with Crippen LogP contribution in [0.25, 0.3) is 0 Å². The van der Waals surface area contributed by atoms with Crippen molar-refractivity contribution in [2.75, 3.05) is 18.1 Å². The number of carboxylic acid groups (broad SMARTS) is 1. The first-order chi connectivity index (χ1) is 10.4. The first kappa shape index (κ1) is 18.6. The molecule has 22 heavy (non-hydrogen) atoms. The smallest absolute Gasteiger partial charge is 0.313 e. The number of aliphatic carboxylic acids is 1. The van der Waals surface area contributed by atoms with E-state index in [2.05, 4.69) is 5.32 Å². The van der Waals surface area contributed by atoms with Crippen molar-refractivity contribution in [3.8, 4) is 5.75 Å². The van der Waals surface area contributed by atoms with E-state index in [1.54, 1.807) is 24.3 Å². The van der Waals surface area contributed by atoms with Crippen LogP contribution >= 0.6 is 23.4 Å². The molecule has 0 spiro atoms. The highest BCUT2D eigenvalue weighted by Gasteiger charge is 2.24. The van der Waals surface area contributed by atoms with E-state index in [0.29, 0.717) is 23.1 Å². The van der Waals surface area contributed by atoms with Gasteiger partial charge in [-0.25, -0.2) is 0 Å². The zero-order chi connectivity index (χ0) is 16.5. The average molecular weight is 346 g/mol. The molecule has 0 saturated carbocycles. The summed E-state index contributed by atoms with van der Waals surface area (Å²) in [6.45, 7) is 4.20. The minimum atomic E-state index is -0.860. The lowest BCUT2D eigenvalue weighted by Gasteiger charge is -2.22. The molecule has 1 aromatic carbocycles. The maximum atomic E-state index is 12.2. The number of benzene rings is 1. The first-order valence-electron chi connectivity index (χ1n) is 6.89. The standard InChI is InChI=1S/C15H20ClNO4S/c1-10(2)14(21-12-5-3-4-11(16)8-12)15(20)17-6-7-22-9-13(18)19/h3-5,8,10,14H,6-7,9H2,1-2H3,(H,17,20)(H,18,19). The van der Waals surface area contributed by atoms with Crippen LogP contribution < -0.4 is 10.1 Å². The Morgan fingerprint density at radius 2 is 2.14 bits per heavy atom. The second-order valence-electron chi connectivity index (χ2n) is 4.98. The summed E-state index contributed by atoms with van der Waals surface area (Å²) in [6, 6.07) is 6.90. The van der Waals surface area contributed by atoms with Gasteiger partial charge in [0, 0.05) is 17.3 Å². The number of rotatable bonds is 9. The Kier molecular flexibility index (Phi) is 8.12. The normalized spacial score (nSPS) is 12.0. The molecule has 7 heteroatoms. The number of hydrogen-bond acceptors (Lipinski definition) is 4. The zero-order valence-corrected chi connectivity index (χ0v) is 14.1. The Morgan fingerprint density at radius 3 is 2.73 bits per heavy atom. The minimum absolute atomic E-state index is 0.00865. The summed E-state index contributed by atoms with van der Waals surface area (Å²) in [5.41, 5.74) is 0. The van der Waals surface area contributed by atoms with Gasteiger partial charge in [0.2, 0.25) is 0 Å². The first-order valence-corrected chi connectivity index (χ1v) is 8.43. The molecule has 5 nitrogen and oxygen atoms in total. The summed E-state index contributed by atoms with van der Waals surface area (Å²) in [6.07, 6.45) is -0.622. The third kappa shape index (κ3) is 7.04. The average Bonchev–Trinajstić information content (AvgIpc) is 2.43. The van der Waals surface area contributed by atoms with E-state index in [0.717, 1.165) is 0 Å². The van der Waals surface area contributed by atoms with E-state index >= 15 is 0 Å². The maximum Gasteiger partial charge on any atom is 0.313 e. The van der Waals surface area contributed by atoms with Crippen molar-refractivity contribution in [1.82, 2.24) is 5.32 Å². The fourth-order valence-electron chi connectivity index (χ4n) is 1.69. The zero-order valence-electron chi connectivity index (χ0n) is 12.5. The molecule has 0 aromatic heterocycles. The molecule has 0 aliphatic heterocycles. The van der Waals surface area contributed by atoms with Gasteiger partial charge in [-0.2, -0.15) is 0 Å². The van der Waals surface area contributed by atoms with E-state index in [1.165, 1.54) is 11.8 Å². The Morgan fingerprint density at radius 1 is 1.41 bits per heavy atom. The molecular formula is C15H20ClNO4S. The second kappa shape index (κ2) is 9.58. The van der Waals surface area contributed by atoms with Gasteiger partial charge in [-0.05, 0) is 24.1 Å². The summed E-state index contributed by atoms with van der Waals surface area (Å²) in [4.78, 5) is 22.6. The Hall–Kier alpha value is -1.40. The van der Waals surface area contributed by atoms with Crippen LogP contribution in [0.15, 0.2) is 24.3 Å². The van der Waals surface area contributed by atoms with Crippen molar-refractivity contribution in [2.45, 2.75) is 20.0 Å². The Bertz CT molecular complexity index is 510. The largest absolute Gasteiger partial charge is 0.481 e. The van der Waals surface area contributed by atoms with Crippen LogP contribution in [0.3, 0.4) is 0 Å². The summed E-state index contributed by atoms with van der Waals surface area (Å²) >= 11 is 7.16. The number of thioether (sulfide) groups is 1. The van der Waals surface area contributed by atoms with E-state index in [1.807, 2.05) is 13.8 Å². The predicted octanol–water partition coefficient (Wildman–Crippen LogP) is 2.68. The van der Waals surface area contributed by atoms with Crippen molar-refractivity contribution >= 4 is 35.2 Å². The monoisotopic (exact) mass is 345 g/mol. The van der Waals surface area contributed by atoms with Crippen LogP contribution in [0, 0.1) is 5.92 Å². The molecule has 1 amide bonds. The van der Waals surface area contributed by atoms with Gasteiger partial charge >= 0.3 is 5.97 Å². The third-order valence-electron chi connectivity index (χ3n) is 2.69. The number of nitrogens with one attached hydrogen (secondary N) is 1. The molecule has 2 N–H and O–H groups in total. The highest BCUT2D eigenvalue weighted by atomic mass is 35.5. The van der Waals surface area contributed by atoms with E-state index in [9.17, 15) is 9.59 Å². The molecule has 122 valence electrons. The molecule has 0 aliphatic rings. The summed E-state index contributed by atoms with van der Waals surface area (Å²) < 4.78 is 5.72. The van der Waals surface area contributed by atoms with Gasteiger partial charge in [0.15, 0.2) is 6.10 Å². The number of hydrogen-bond donors (Lipinski definition) is 2. The lowest BCUT2D eigenvalue weighted by molar-refractivity contribution is -0.134.